The molecule has 0 fully saturated rings. The first-order chi connectivity index (χ1) is 6.20. The Bertz CT molecular complexity index is 286. The van der Waals surface area contributed by atoms with Gasteiger partial charge in [-0.15, -0.1) is 0 Å². The fraction of sp³-hybridized carbons (Fsp3) is 0.400. The first-order valence-electron chi connectivity index (χ1n) is 4.32. The lowest BCUT2D eigenvalue weighted by Crippen LogP contribution is -2.10. The molecule has 0 spiro atoms. The van der Waals surface area contributed by atoms with E-state index >= 15 is 0 Å². The molecule has 0 amide bonds. The highest BCUT2D eigenvalue weighted by atomic mass is 16.5. The third kappa shape index (κ3) is 1.92. The Hall–Kier alpha value is -1.22. The van der Waals surface area contributed by atoms with Gasteiger partial charge in [0.1, 0.15) is 11.5 Å². The first kappa shape index (κ1) is 9.86. The third-order valence-electron chi connectivity index (χ3n) is 2.07. The highest BCUT2D eigenvalue weighted by Crippen LogP contribution is 2.33. The van der Waals surface area contributed by atoms with Gasteiger partial charge < -0.3 is 15.6 Å². The predicted octanol–water partition coefficient (Wildman–Crippen LogP) is 1.81. The second-order valence-electron chi connectivity index (χ2n) is 2.91. The number of aromatic hydroxyl groups is 1. The lowest BCUT2D eigenvalue weighted by molar-refractivity contribution is 0.392. The van der Waals surface area contributed by atoms with Gasteiger partial charge in [0.25, 0.3) is 0 Å². The molecule has 0 radical (unpaired) electrons. The minimum absolute atomic E-state index is 0.170. The van der Waals surface area contributed by atoms with Crippen molar-refractivity contribution in [3.05, 3.63) is 23.8 Å². The van der Waals surface area contributed by atoms with Crippen LogP contribution in [0.5, 0.6) is 11.5 Å². The van der Waals surface area contributed by atoms with Gasteiger partial charge in [-0.25, -0.2) is 0 Å². The molecule has 0 aliphatic carbocycles. The van der Waals surface area contributed by atoms with Crippen LogP contribution in [0.2, 0.25) is 0 Å². The summed E-state index contributed by atoms with van der Waals surface area (Å²) in [5.41, 5.74) is 6.52. The maximum absolute atomic E-state index is 9.56. The molecule has 0 aromatic heterocycles. The summed E-state index contributed by atoms with van der Waals surface area (Å²) in [6.45, 7) is 1.97. The number of benzene rings is 1. The van der Waals surface area contributed by atoms with E-state index in [0.717, 1.165) is 6.42 Å². The highest BCUT2D eigenvalue weighted by Gasteiger charge is 2.14. The molecule has 72 valence electrons. The molecule has 0 aliphatic heterocycles. The van der Waals surface area contributed by atoms with Crippen molar-refractivity contribution in [1.29, 1.82) is 0 Å². The topological polar surface area (TPSA) is 55.5 Å². The van der Waals surface area contributed by atoms with E-state index in [0.29, 0.717) is 11.3 Å². The molecule has 0 saturated carbocycles. The van der Waals surface area contributed by atoms with Gasteiger partial charge in [-0.2, -0.15) is 0 Å². The molecular weight excluding hydrogens is 166 g/mol. The summed E-state index contributed by atoms with van der Waals surface area (Å²) in [5, 5.41) is 9.56. The summed E-state index contributed by atoms with van der Waals surface area (Å²) >= 11 is 0. The molecule has 1 rings (SSSR count). The van der Waals surface area contributed by atoms with Crippen LogP contribution < -0.4 is 10.5 Å². The normalized spacial score (nSPS) is 12.5. The minimum atomic E-state index is -0.170. The smallest absolute Gasteiger partial charge is 0.127 e. The van der Waals surface area contributed by atoms with Crippen LogP contribution in [0.3, 0.4) is 0 Å². The fourth-order valence-electron chi connectivity index (χ4n) is 1.29. The molecule has 1 aromatic rings. The first-order valence-corrected chi connectivity index (χ1v) is 4.32. The monoisotopic (exact) mass is 181 g/mol. The van der Waals surface area contributed by atoms with Crippen LogP contribution in [0, 0.1) is 0 Å². The molecular formula is C10H15NO2. The molecule has 0 bridgehead atoms. The van der Waals surface area contributed by atoms with Crippen molar-refractivity contribution in [2.24, 2.45) is 5.73 Å². The van der Waals surface area contributed by atoms with Gasteiger partial charge in [0.05, 0.1) is 12.7 Å². The van der Waals surface area contributed by atoms with Crippen molar-refractivity contribution in [1.82, 2.24) is 0 Å². The number of hydrogen-bond donors (Lipinski definition) is 2. The highest BCUT2D eigenvalue weighted by molar-refractivity contribution is 5.45. The van der Waals surface area contributed by atoms with Crippen molar-refractivity contribution in [3.63, 3.8) is 0 Å². The number of phenols is 1. The van der Waals surface area contributed by atoms with E-state index in [1.807, 2.05) is 6.92 Å². The quantitative estimate of drug-likeness (QED) is 0.747. The van der Waals surface area contributed by atoms with Crippen LogP contribution in [0.25, 0.3) is 0 Å². The number of methoxy groups -OCH3 is 1. The summed E-state index contributed by atoms with van der Waals surface area (Å²) in [6.07, 6.45) is 0.772. The van der Waals surface area contributed by atoms with E-state index in [-0.39, 0.29) is 11.8 Å². The van der Waals surface area contributed by atoms with Crippen LogP contribution in [0.15, 0.2) is 18.2 Å². The van der Waals surface area contributed by atoms with Gasteiger partial charge in [0.15, 0.2) is 0 Å². The van der Waals surface area contributed by atoms with Crippen molar-refractivity contribution < 1.29 is 9.84 Å². The maximum atomic E-state index is 9.56. The SMILES string of the molecule is CC[C@H](N)c1c(O)cccc1OC. The summed E-state index contributed by atoms with van der Waals surface area (Å²) in [4.78, 5) is 0. The zero-order valence-electron chi connectivity index (χ0n) is 7.95. The molecule has 3 nitrogen and oxygen atoms in total. The zero-order valence-corrected chi connectivity index (χ0v) is 7.95. The van der Waals surface area contributed by atoms with Crippen LogP contribution >= 0.6 is 0 Å². The van der Waals surface area contributed by atoms with E-state index in [4.69, 9.17) is 10.5 Å². The molecule has 0 saturated heterocycles. The van der Waals surface area contributed by atoms with E-state index in [2.05, 4.69) is 0 Å². The van der Waals surface area contributed by atoms with E-state index in [1.54, 1.807) is 25.3 Å². The Labute approximate surface area is 78.1 Å². The minimum Gasteiger partial charge on any atom is -0.507 e. The van der Waals surface area contributed by atoms with E-state index < -0.39 is 0 Å². The lowest BCUT2D eigenvalue weighted by atomic mass is 10.0. The molecule has 0 unspecified atom stereocenters. The fourth-order valence-corrected chi connectivity index (χ4v) is 1.29. The number of phenolic OH excluding ortho intramolecular Hbond substituents is 1. The molecule has 0 heterocycles. The molecule has 1 atom stereocenters. The summed E-state index contributed by atoms with van der Waals surface area (Å²) in [7, 11) is 1.57. The summed E-state index contributed by atoms with van der Waals surface area (Å²) in [6, 6.07) is 4.98. The number of nitrogens with two attached hydrogens (primary N) is 1. The Morgan fingerprint density at radius 3 is 2.77 bits per heavy atom. The van der Waals surface area contributed by atoms with Gasteiger partial charge in [0.2, 0.25) is 0 Å². The van der Waals surface area contributed by atoms with Crippen molar-refractivity contribution >= 4 is 0 Å². The molecule has 0 aliphatic rings. The van der Waals surface area contributed by atoms with Gasteiger partial charge in [-0.1, -0.05) is 13.0 Å². The third-order valence-corrected chi connectivity index (χ3v) is 2.07. The molecule has 3 heteroatoms. The molecule has 13 heavy (non-hydrogen) atoms. The second kappa shape index (κ2) is 4.14. The number of ether oxygens (including phenoxy) is 1. The largest absolute Gasteiger partial charge is 0.507 e. The van der Waals surface area contributed by atoms with E-state index in [9.17, 15) is 5.11 Å². The van der Waals surface area contributed by atoms with Crippen molar-refractivity contribution in [2.45, 2.75) is 19.4 Å². The Kier molecular flexibility index (Phi) is 3.14. The average molecular weight is 181 g/mol. The summed E-state index contributed by atoms with van der Waals surface area (Å²) in [5.74, 6) is 0.850. The molecule has 1 aromatic carbocycles. The van der Waals surface area contributed by atoms with Crippen molar-refractivity contribution in [3.8, 4) is 11.5 Å². The average Bonchev–Trinajstić information content (AvgIpc) is 2.16. The van der Waals surface area contributed by atoms with Crippen LogP contribution in [0.4, 0.5) is 0 Å². The maximum Gasteiger partial charge on any atom is 0.127 e. The lowest BCUT2D eigenvalue weighted by Gasteiger charge is -2.15. The van der Waals surface area contributed by atoms with Gasteiger partial charge in [-0.05, 0) is 18.6 Å². The van der Waals surface area contributed by atoms with Crippen molar-refractivity contribution in [2.75, 3.05) is 7.11 Å². The second-order valence-corrected chi connectivity index (χ2v) is 2.91. The van der Waals surface area contributed by atoms with Crippen LogP contribution in [0.1, 0.15) is 24.9 Å². The number of rotatable bonds is 3. The Morgan fingerprint density at radius 2 is 2.23 bits per heavy atom. The van der Waals surface area contributed by atoms with Gasteiger partial charge in [-0.3, -0.25) is 0 Å². The van der Waals surface area contributed by atoms with E-state index in [1.165, 1.54) is 0 Å². The standard InChI is InChI=1S/C10H15NO2/c1-3-7(11)10-8(12)5-4-6-9(10)13-2/h4-7,12H,3,11H2,1-2H3/t7-/m0/s1. The summed E-state index contributed by atoms with van der Waals surface area (Å²) < 4.78 is 5.11. The number of hydrogen-bond acceptors (Lipinski definition) is 3. The zero-order chi connectivity index (χ0) is 9.84. The predicted molar refractivity (Wildman–Crippen MR) is 51.9 cm³/mol. The van der Waals surface area contributed by atoms with Gasteiger partial charge >= 0.3 is 0 Å². The Morgan fingerprint density at radius 1 is 1.54 bits per heavy atom. The van der Waals surface area contributed by atoms with Crippen LogP contribution in [-0.2, 0) is 0 Å². The van der Waals surface area contributed by atoms with Gasteiger partial charge in [0, 0.05) is 6.04 Å². The van der Waals surface area contributed by atoms with Crippen LogP contribution in [-0.4, -0.2) is 12.2 Å². The Balaban J connectivity index is 3.14. The molecule has 3 N–H and O–H groups in total.